The topological polar surface area (TPSA) is 65.5 Å². The van der Waals surface area contributed by atoms with E-state index in [9.17, 15) is 0 Å². The number of likely N-dealkylation sites (tertiary alicyclic amines) is 1. The summed E-state index contributed by atoms with van der Waals surface area (Å²) in [6.07, 6.45) is 5.32. The van der Waals surface area contributed by atoms with Crippen LogP contribution in [0.2, 0.25) is 0 Å². The molecule has 0 saturated carbocycles. The van der Waals surface area contributed by atoms with E-state index in [0.29, 0.717) is 30.6 Å². The second-order valence-electron chi connectivity index (χ2n) is 7.53. The predicted octanol–water partition coefficient (Wildman–Crippen LogP) is 2.26. The largest absolute Gasteiger partial charge is 0.374 e. The van der Waals surface area contributed by atoms with Gasteiger partial charge in [0.2, 0.25) is 0 Å². The van der Waals surface area contributed by atoms with Gasteiger partial charge >= 0.3 is 0 Å². The van der Waals surface area contributed by atoms with E-state index in [-0.39, 0.29) is 0 Å². The summed E-state index contributed by atoms with van der Waals surface area (Å²) >= 11 is 0. The van der Waals surface area contributed by atoms with Crippen molar-refractivity contribution in [2.24, 2.45) is 16.8 Å². The number of nitrogens with one attached hydrogen (secondary N) is 2. The molecule has 0 radical (unpaired) electrons. The van der Waals surface area contributed by atoms with E-state index < -0.39 is 0 Å². The lowest BCUT2D eigenvalue weighted by molar-refractivity contribution is 0.0767. The van der Waals surface area contributed by atoms with Gasteiger partial charge in [0.1, 0.15) is 5.82 Å². The highest BCUT2D eigenvalue weighted by Crippen LogP contribution is 2.47. The van der Waals surface area contributed by atoms with Crippen molar-refractivity contribution in [3.8, 4) is 11.3 Å². The van der Waals surface area contributed by atoms with E-state index in [2.05, 4.69) is 37.3 Å². The lowest BCUT2D eigenvalue weighted by Gasteiger charge is -2.23. The first kappa shape index (κ1) is 15.9. The molecular formula is C20H25N5O. The van der Waals surface area contributed by atoms with Crippen LogP contribution in [0.5, 0.6) is 0 Å². The van der Waals surface area contributed by atoms with E-state index in [1.807, 2.05) is 31.4 Å². The van der Waals surface area contributed by atoms with Gasteiger partial charge in [0.05, 0.1) is 30.6 Å². The second-order valence-corrected chi connectivity index (χ2v) is 7.53. The molecule has 2 bridgehead atoms. The average Bonchev–Trinajstić information content (AvgIpc) is 3.44. The molecule has 4 heterocycles. The van der Waals surface area contributed by atoms with Gasteiger partial charge in [-0.2, -0.15) is 0 Å². The van der Waals surface area contributed by atoms with Crippen molar-refractivity contribution >= 4 is 5.96 Å². The van der Waals surface area contributed by atoms with E-state index in [1.165, 1.54) is 12.8 Å². The molecule has 0 aliphatic carbocycles. The molecule has 26 heavy (non-hydrogen) atoms. The molecule has 4 unspecified atom stereocenters. The molecule has 1 aromatic carbocycles. The van der Waals surface area contributed by atoms with E-state index in [4.69, 9.17) is 4.74 Å². The SMILES string of the molecule is CN=C(NCc1ncc(-c2ccccc2)[nH]1)N1CC2C3CCC(O3)C2C1. The molecule has 6 nitrogen and oxygen atoms in total. The molecule has 136 valence electrons. The third-order valence-electron chi connectivity index (χ3n) is 6.09. The van der Waals surface area contributed by atoms with Crippen LogP contribution in [0.25, 0.3) is 11.3 Å². The van der Waals surface area contributed by atoms with Crippen molar-refractivity contribution in [1.82, 2.24) is 20.2 Å². The number of rotatable bonds is 3. The van der Waals surface area contributed by atoms with Gasteiger partial charge in [-0.3, -0.25) is 4.99 Å². The number of aliphatic imine (C=N–C) groups is 1. The minimum absolute atomic E-state index is 0.478. The second kappa shape index (κ2) is 6.43. The van der Waals surface area contributed by atoms with Crippen LogP contribution in [0, 0.1) is 11.8 Å². The minimum atomic E-state index is 0.478. The first-order chi connectivity index (χ1) is 12.8. The molecule has 6 heteroatoms. The molecule has 1 aromatic heterocycles. The predicted molar refractivity (Wildman–Crippen MR) is 101 cm³/mol. The molecule has 2 aromatic rings. The number of hydrogen-bond acceptors (Lipinski definition) is 3. The Morgan fingerprint density at radius 2 is 1.96 bits per heavy atom. The maximum atomic E-state index is 6.07. The summed E-state index contributed by atoms with van der Waals surface area (Å²) in [5.41, 5.74) is 2.19. The number of fused-ring (bicyclic) bond motifs is 5. The molecule has 2 N–H and O–H groups in total. The number of hydrogen-bond donors (Lipinski definition) is 2. The Morgan fingerprint density at radius 3 is 2.65 bits per heavy atom. The van der Waals surface area contributed by atoms with Crippen LogP contribution in [-0.4, -0.2) is 53.2 Å². The quantitative estimate of drug-likeness (QED) is 0.658. The highest BCUT2D eigenvalue weighted by Gasteiger charge is 2.53. The van der Waals surface area contributed by atoms with Crippen LogP contribution in [-0.2, 0) is 11.3 Å². The van der Waals surface area contributed by atoms with Gasteiger partial charge in [0.25, 0.3) is 0 Å². The fourth-order valence-electron chi connectivity index (χ4n) is 4.84. The van der Waals surface area contributed by atoms with Gasteiger partial charge in [0, 0.05) is 32.0 Å². The molecular weight excluding hydrogens is 326 g/mol. The van der Waals surface area contributed by atoms with Crippen molar-refractivity contribution in [2.45, 2.75) is 31.6 Å². The Labute approximate surface area is 153 Å². The smallest absolute Gasteiger partial charge is 0.194 e. The summed E-state index contributed by atoms with van der Waals surface area (Å²) in [4.78, 5) is 14.8. The highest BCUT2D eigenvalue weighted by atomic mass is 16.5. The Kier molecular flexibility index (Phi) is 3.93. The number of aromatic amines is 1. The van der Waals surface area contributed by atoms with Gasteiger partial charge in [-0.1, -0.05) is 30.3 Å². The van der Waals surface area contributed by atoms with Gasteiger partial charge in [-0.15, -0.1) is 0 Å². The summed E-state index contributed by atoms with van der Waals surface area (Å²) in [6.45, 7) is 2.76. The van der Waals surface area contributed by atoms with Crippen LogP contribution in [0.15, 0.2) is 41.5 Å². The lowest BCUT2D eigenvalue weighted by Crippen LogP contribution is -2.41. The molecule has 3 fully saturated rings. The van der Waals surface area contributed by atoms with Crippen molar-refractivity contribution in [3.63, 3.8) is 0 Å². The molecule has 0 spiro atoms. The average molecular weight is 351 g/mol. The van der Waals surface area contributed by atoms with Crippen LogP contribution < -0.4 is 5.32 Å². The summed E-state index contributed by atoms with van der Waals surface area (Å²) in [5.74, 6) is 3.26. The minimum Gasteiger partial charge on any atom is -0.374 e. The maximum Gasteiger partial charge on any atom is 0.194 e. The third kappa shape index (κ3) is 2.69. The van der Waals surface area contributed by atoms with Gasteiger partial charge in [-0.25, -0.2) is 4.98 Å². The first-order valence-electron chi connectivity index (χ1n) is 9.52. The lowest BCUT2D eigenvalue weighted by atomic mass is 9.82. The molecule has 4 atom stereocenters. The number of imidazole rings is 1. The van der Waals surface area contributed by atoms with Crippen LogP contribution in [0.1, 0.15) is 18.7 Å². The van der Waals surface area contributed by atoms with E-state index >= 15 is 0 Å². The number of ether oxygens (including phenoxy) is 1. The summed E-state index contributed by atoms with van der Waals surface area (Å²) < 4.78 is 6.07. The standard InChI is InChI=1S/C20H25N5O/c1-21-20(25-11-14-15(12-25)18-8-7-17(14)26-18)23-10-19-22-9-16(24-19)13-5-3-2-4-6-13/h2-6,9,14-15,17-18H,7-8,10-12H2,1H3,(H,21,23)(H,22,24). The number of nitrogens with zero attached hydrogens (tertiary/aromatic N) is 3. The van der Waals surface area contributed by atoms with Crippen molar-refractivity contribution in [3.05, 3.63) is 42.4 Å². The first-order valence-corrected chi connectivity index (χ1v) is 9.52. The number of guanidine groups is 1. The normalized spacial score (nSPS) is 30.0. The van der Waals surface area contributed by atoms with Crippen LogP contribution >= 0.6 is 0 Å². The Morgan fingerprint density at radius 1 is 1.23 bits per heavy atom. The molecule has 0 amide bonds. The fourth-order valence-corrected chi connectivity index (χ4v) is 4.84. The molecule has 3 saturated heterocycles. The van der Waals surface area contributed by atoms with Crippen molar-refractivity contribution < 1.29 is 4.74 Å². The molecule has 3 aliphatic heterocycles. The summed E-state index contributed by atoms with van der Waals surface area (Å²) in [5, 5.41) is 3.47. The van der Waals surface area contributed by atoms with E-state index in [0.717, 1.165) is 36.1 Å². The zero-order valence-corrected chi connectivity index (χ0v) is 15.1. The third-order valence-corrected chi connectivity index (χ3v) is 6.09. The monoisotopic (exact) mass is 351 g/mol. The Bertz CT molecular complexity index is 784. The summed E-state index contributed by atoms with van der Waals surface area (Å²) in [7, 11) is 1.86. The van der Waals surface area contributed by atoms with Crippen LogP contribution in [0.4, 0.5) is 0 Å². The number of benzene rings is 1. The zero-order valence-electron chi connectivity index (χ0n) is 15.1. The fraction of sp³-hybridized carbons (Fsp3) is 0.500. The highest BCUT2D eigenvalue weighted by molar-refractivity contribution is 5.80. The Balaban J connectivity index is 1.22. The van der Waals surface area contributed by atoms with Crippen LogP contribution in [0.3, 0.4) is 0 Å². The number of aromatic nitrogens is 2. The Hall–Kier alpha value is -2.34. The number of H-pyrrole nitrogens is 1. The van der Waals surface area contributed by atoms with Gasteiger partial charge in [-0.05, 0) is 18.4 Å². The van der Waals surface area contributed by atoms with Crippen molar-refractivity contribution in [1.29, 1.82) is 0 Å². The van der Waals surface area contributed by atoms with Gasteiger partial charge in [0.15, 0.2) is 5.96 Å². The maximum absolute atomic E-state index is 6.07. The molecule has 5 rings (SSSR count). The van der Waals surface area contributed by atoms with Gasteiger partial charge < -0.3 is 19.9 Å². The molecule has 3 aliphatic rings. The summed E-state index contributed by atoms with van der Waals surface area (Å²) in [6, 6.07) is 10.3. The van der Waals surface area contributed by atoms with E-state index in [1.54, 1.807) is 0 Å². The van der Waals surface area contributed by atoms with Crippen molar-refractivity contribution in [2.75, 3.05) is 20.1 Å². The zero-order chi connectivity index (χ0) is 17.5.